The molecular weight excluding hydrogens is 179 g/mol. The van der Waals surface area contributed by atoms with Crippen LogP contribution in [-0.4, -0.2) is 18.8 Å². The summed E-state index contributed by atoms with van der Waals surface area (Å²) >= 11 is 0. The summed E-state index contributed by atoms with van der Waals surface area (Å²) in [6.45, 7) is 3.33. The zero-order chi connectivity index (χ0) is 9.41. The van der Waals surface area contributed by atoms with Crippen molar-refractivity contribution in [2.24, 2.45) is 0 Å². The average Bonchev–Trinajstić information content (AvgIpc) is 2.25. The number of rotatable bonds is 1. The molecule has 12 heavy (non-hydrogen) atoms. The van der Waals surface area contributed by atoms with Gasteiger partial charge in [-0.05, 0) is 13.8 Å². The van der Waals surface area contributed by atoms with E-state index in [0.29, 0.717) is 0 Å². The van der Waals surface area contributed by atoms with E-state index >= 15 is 0 Å². The average molecular weight is 190 g/mol. The standard InChI is InChI=1S/C7H11O4P/c1-5-7(3)6(2)10-12(8,9-4)11-7/h1,6H,2-4H3. The summed E-state index contributed by atoms with van der Waals surface area (Å²) in [7, 11) is -2.13. The normalized spacial score (nSPS) is 47.3. The van der Waals surface area contributed by atoms with Crippen LogP contribution in [-0.2, 0) is 18.1 Å². The molecule has 3 unspecified atom stereocenters. The molecule has 0 saturated carbocycles. The van der Waals surface area contributed by atoms with Crippen molar-refractivity contribution in [3.63, 3.8) is 0 Å². The third-order valence-electron chi connectivity index (χ3n) is 1.87. The number of phosphoric ester groups is 1. The Labute approximate surface area is 71.8 Å². The molecule has 0 aromatic carbocycles. The Morgan fingerprint density at radius 1 is 1.75 bits per heavy atom. The zero-order valence-corrected chi connectivity index (χ0v) is 8.13. The zero-order valence-electron chi connectivity index (χ0n) is 7.23. The van der Waals surface area contributed by atoms with E-state index in [1.54, 1.807) is 13.8 Å². The monoisotopic (exact) mass is 190 g/mol. The molecule has 5 heteroatoms. The number of hydrogen-bond acceptors (Lipinski definition) is 4. The molecule has 1 aliphatic heterocycles. The first-order chi connectivity index (χ1) is 5.46. The Kier molecular flexibility index (Phi) is 2.33. The SMILES string of the molecule is C#CC1(C)OP(=O)(OC)OC1C. The van der Waals surface area contributed by atoms with Crippen LogP contribution in [0.4, 0.5) is 0 Å². The summed E-state index contributed by atoms with van der Waals surface area (Å²) in [5.41, 5.74) is -0.953. The fraction of sp³-hybridized carbons (Fsp3) is 0.714. The van der Waals surface area contributed by atoms with Gasteiger partial charge in [-0.25, -0.2) is 4.57 Å². The maximum Gasteiger partial charge on any atom is 0.476 e. The predicted octanol–water partition coefficient (Wildman–Crippen LogP) is 1.57. The highest BCUT2D eigenvalue weighted by Crippen LogP contribution is 2.60. The molecule has 1 heterocycles. The van der Waals surface area contributed by atoms with Gasteiger partial charge < -0.3 is 0 Å². The van der Waals surface area contributed by atoms with Gasteiger partial charge in [0.15, 0.2) is 5.60 Å². The van der Waals surface area contributed by atoms with Gasteiger partial charge in [0.05, 0.1) is 0 Å². The first-order valence-electron chi connectivity index (χ1n) is 3.48. The first kappa shape index (κ1) is 9.76. The van der Waals surface area contributed by atoms with Gasteiger partial charge in [0.2, 0.25) is 0 Å². The fourth-order valence-corrected chi connectivity index (χ4v) is 2.30. The van der Waals surface area contributed by atoms with Crippen molar-refractivity contribution in [2.75, 3.05) is 7.11 Å². The second-order valence-corrected chi connectivity index (χ2v) is 4.37. The first-order valence-corrected chi connectivity index (χ1v) is 4.94. The second kappa shape index (κ2) is 2.86. The van der Waals surface area contributed by atoms with Gasteiger partial charge in [-0.1, -0.05) is 5.92 Å². The van der Waals surface area contributed by atoms with Crippen molar-refractivity contribution < 1.29 is 18.1 Å². The van der Waals surface area contributed by atoms with E-state index in [-0.39, 0.29) is 0 Å². The molecule has 0 aromatic heterocycles. The van der Waals surface area contributed by atoms with Gasteiger partial charge >= 0.3 is 7.82 Å². The molecule has 1 rings (SSSR count). The third kappa shape index (κ3) is 1.41. The molecule has 1 fully saturated rings. The van der Waals surface area contributed by atoms with Crippen LogP contribution in [0.5, 0.6) is 0 Å². The van der Waals surface area contributed by atoms with E-state index in [4.69, 9.17) is 15.5 Å². The molecule has 0 spiro atoms. The topological polar surface area (TPSA) is 44.8 Å². The van der Waals surface area contributed by atoms with Crippen LogP contribution in [0.15, 0.2) is 0 Å². The van der Waals surface area contributed by atoms with Crippen LogP contribution in [0, 0.1) is 12.3 Å². The Morgan fingerprint density at radius 3 is 2.58 bits per heavy atom. The van der Waals surface area contributed by atoms with E-state index < -0.39 is 19.5 Å². The summed E-state index contributed by atoms with van der Waals surface area (Å²) in [5, 5.41) is 0. The Bertz CT molecular complexity index is 269. The van der Waals surface area contributed by atoms with Crippen molar-refractivity contribution in [3.05, 3.63) is 0 Å². The summed E-state index contributed by atoms with van der Waals surface area (Å²) < 4.78 is 26.0. The number of hydrogen-bond donors (Lipinski definition) is 0. The van der Waals surface area contributed by atoms with Crippen molar-refractivity contribution in [1.82, 2.24) is 0 Å². The van der Waals surface area contributed by atoms with Crippen LogP contribution in [0.2, 0.25) is 0 Å². The molecule has 0 radical (unpaired) electrons. The van der Waals surface area contributed by atoms with E-state index in [2.05, 4.69) is 10.4 Å². The summed E-state index contributed by atoms with van der Waals surface area (Å²) in [6.07, 6.45) is 4.78. The van der Waals surface area contributed by atoms with Crippen LogP contribution < -0.4 is 0 Å². The number of terminal acetylenes is 1. The molecule has 0 bridgehead atoms. The molecule has 4 nitrogen and oxygen atoms in total. The molecule has 0 aliphatic carbocycles. The molecular formula is C7H11O4P. The molecule has 0 aromatic rings. The summed E-state index contributed by atoms with van der Waals surface area (Å²) in [4.78, 5) is 0. The van der Waals surface area contributed by atoms with Crippen LogP contribution in [0.25, 0.3) is 0 Å². The maximum atomic E-state index is 11.4. The molecule has 1 aliphatic rings. The molecule has 1 saturated heterocycles. The van der Waals surface area contributed by atoms with Gasteiger partial charge in [-0.15, -0.1) is 6.42 Å². The minimum absolute atomic E-state index is 0.423. The lowest BCUT2D eigenvalue weighted by Crippen LogP contribution is -2.32. The number of phosphoric acid groups is 1. The Morgan fingerprint density at radius 2 is 2.33 bits per heavy atom. The predicted molar refractivity (Wildman–Crippen MR) is 43.5 cm³/mol. The van der Waals surface area contributed by atoms with Gasteiger partial charge in [0, 0.05) is 7.11 Å². The largest absolute Gasteiger partial charge is 0.476 e. The quantitative estimate of drug-likeness (QED) is 0.465. The Hall–Kier alpha value is -0.330. The van der Waals surface area contributed by atoms with Crippen LogP contribution in [0.1, 0.15) is 13.8 Å². The highest BCUT2D eigenvalue weighted by Gasteiger charge is 2.50. The van der Waals surface area contributed by atoms with E-state index in [9.17, 15) is 4.57 Å². The Balaban J connectivity index is 2.91. The summed E-state index contributed by atoms with van der Waals surface area (Å²) in [6, 6.07) is 0. The van der Waals surface area contributed by atoms with E-state index in [0.717, 1.165) is 0 Å². The lowest BCUT2D eigenvalue weighted by molar-refractivity contribution is 0.121. The minimum atomic E-state index is -3.39. The second-order valence-electron chi connectivity index (χ2n) is 2.72. The van der Waals surface area contributed by atoms with Gasteiger partial charge in [0.1, 0.15) is 6.10 Å². The fourth-order valence-electron chi connectivity index (χ4n) is 0.846. The molecule has 0 amide bonds. The highest BCUT2D eigenvalue weighted by atomic mass is 31.2. The smallest absolute Gasteiger partial charge is 0.290 e. The molecule has 68 valence electrons. The van der Waals surface area contributed by atoms with Gasteiger partial charge in [-0.3, -0.25) is 13.6 Å². The molecule has 0 N–H and O–H groups in total. The lowest BCUT2D eigenvalue weighted by Gasteiger charge is -2.16. The molecule has 3 atom stereocenters. The van der Waals surface area contributed by atoms with E-state index in [1.165, 1.54) is 7.11 Å². The van der Waals surface area contributed by atoms with Crippen molar-refractivity contribution in [3.8, 4) is 12.3 Å². The van der Waals surface area contributed by atoms with Crippen LogP contribution in [0.3, 0.4) is 0 Å². The van der Waals surface area contributed by atoms with Crippen molar-refractivity contribution in [2.45, 2.75) is 25.6 Å². The van der Waals surface area contributed by atoms with E-state index in [1.807, 2.05) is 0 Å². The van der Waals surface area contributed by atoms with Gasteiger partial charge in [-0.2, -0.15) is 0 Å². The minimum Gasteiger partial charge on any atom is -0.290 e. The van der Waals surface area contributed by atoms with Gasteiger partial charge in [0.25, 0.3) is 0 Å². The van der Waals surface area contributed by atoms with Crippen LogP contribution >= 0.6 is 7.82 Å². The van der Waals surface area contributed by atoms with Crippen molar-refractivity contribution in [1.29, 1.82) is 0 Å². The highest BCUT2D eigenvalue weighted by molar-refractivity contribution is 7.48. The summed E-state index contributed by atoms with van der Waals surface area (Å²) in [5.74, 6) is 2.38. The third-order valence-corrected chi connectivity index (χ3v) is 3.50. The maximum absolute atomic E-state index is 11.4. The van der Waals surface area contributed by atoms with Crippen molar-refractivity contribution >= 4 is 7.82 Å². The lowest BCUT2D eigenvalue weighted by atomic mass is 10.0.